The van der Waals surface area contributed by atoms with Gasteiger partial charge in [0.1, 0.15) is 17.2 Å². The number of piperidine rings is 1. The minimum absolute atomic E-state index is 0.00660. The fourth-order valence-corrected chi connectivity index (χ4v) is 5.55. The number of fused-ring (bicyclic) bond motifs is 2. The Labute approximate surface area is 234 Å². The van der Waals surface area contributed by atoms with Crippen molar-refractivity contribution < 1.29 is 24.2 Å². The Balaban J connectivity index is 1.67. The van der Waals surface area contributed by atoms with Crippen molar-refractivity contribution in [2.45, 2.75) is 71.4 Å². The maximum atomic E-state index is 13.9. The number of hydrogen-bond acceptors (Lipinski definition) is 7. The van der Waals surface area contributed by atoms with Gasteiger partial charge in [-0.15, -0.1) is 0 Å². The van der Waals surface area contributed by atoms with Gasteiger partial charge < -0.3 is 24.4 Å². The van der Waals surface area contributed by atoms with Crippen LogP contribution in [0.15, 0.2) is 36.5 Å². The van der Waals surface area contributed by atoms with E-state index in [1.54, 1.807) is 15.6 Å². The number of anilines is 3. The highest BCUT2D eigenvalue weighted by molar-refractivity contribution is 5.97. The van der Waals surface area contributed by atoms with Crippen LogP contribution in [0.3, 0.4) is 0 Å². The molecular formula is C29H38N6O5. The summed E-state index contributed by atoms with van der Waals surface area (Å²) in [4.78, 5) is 36.1. The number of carbonyl (C=O) groups excluding carboxylic acids is 1. The minimum Gasteiger partial charge on any atom is -0.494 e. The van der Waals surface area contributed by atoms with Gasteiger partial charge in [0.05, 0.1) is 18.5 Å². The van der Waals surface area contributed by atoms with E-state index in [4.69, 9.17) is 14.5 Å². The number of aromatic nitrogens is 3. The molecule has 2 aliphatic rings. The first-order chi connectivity index (χ1) is 19.2. The van der Waals surface area contributed by atoms with Crippen LogP contribution < -0.4 is 14.5 Å². The van der Waals surface area contributed by atoms with Gasteiger partial charge in [-0.05, 0) is 84.1 Å². The number of amides is 2. The molecule has 0 unspecified atom stereocenters. The molecular weight excluding hydrogens is 512 g/mol. The highest BCUT2D eigenvalue weighted by atomic mass is 16.6. The first-order valence-electron chi connectivity index (χ1n) is 14.0. The Bertz CT molecular complexity index is 1370. The number of ether oxygens (including phenoxy) is 2. The van der Waals surface area contributed by atoms with Crippen LogP contribution in [0, 0.1) is 0 Å². The zero-order valence-electron chi connectivity index (χ0n) is 23.7. The third kappa shape index (κ3) is 5.64. The van der Waals surface area contributed by atoms with Gasteiger partial charge in [0, 0.05) is 37.3 Å². The minimum atomic E-state index is -0.897. The SMILES string of the molecule is CCOc1ccc(N(C(=O)OC(C)(C)C)c2c3c(nc4ccnn24)N([C@H]2CCCN(C(=O)O)C2)CCCC3)cc1. The van der Waals surface area contributed by atoms with Gasteiger partial charge in [0.15, 0.2) is 11.5 Å². The Kier molecular flexibility index (Phi) is 7.73. The summed E-state index contributed by atoms with van der Waals surface area (Å²) in [6, 6.07) is 9.18. The van der Waals surface area contributed by atoms with Gasteiger partial charge in [-0.1, -0.05) is 0 Å². The van der Waals surface area contributed by atoms with Crippen LogP contribution in [0.25, 0.3) is 5.65 Å². The molecule has 214 valence electrons. The second-order valence-corrected chi connectivity index (χ2v) is 11.3. The summed E-state index contributed by atoms with van der Waals surface area (Å²) in [5.41, 5.74) is 1.39. The van der Waals surface area contributed by atoms with E-state index in [-0.39, 0.29) is 6.04 Å². The molecule has 1 fully saturated rings. The lowest BCUT2D eigenvalue weighted by Gasteiger charge is -2.39. The van der Waals surface area contributed by atoms with Crippen LogP contribution >= 0.6 is 0 Å². The van der Waals surface area contributed by atoms with Crippen molar-refractivity contribution in [3.05, 3.63) is 42.1 Å². The predicted octanol–water partition coefficient (Wildman–Crippen LogP) is 5.49. The number of benzene rings is 1. The molecule has 11 heteroatoms. The standard InChI is InChI=1S/C29H38N6O5/c1-5-39-22-13-11-20(12-14-22)34(28(38)40-29(2,3)4)26-23-10-6-7-18-33(21-9-8-17-32(19-21)27(36)37)25(23)31-24-15-16-30-35(24)26/h11-16,21H,5-10,17-19H2,1-4H3,(H,36,37)/t21-/m0/s1. The van der Waals surface area contributed by atoms with E-state index in [0.717, 1.165) is 43.6 Å². The molecule has 0 spiro atoms. The van der Waals surface area contributed by atoms with Gasteiger partial charge in [-0.25, -0.2) is 19.5 Å². The van der Waals surface area contributed by atoms with Crippen molar-refractivity contribution in [3.63, 3.8) is 0 Å². The van der Waals surface area contributed by atoms with Gasteiger partial charge in [0.25, 0.3) is 0 Å². The van der Waals surface area contributed by atoms with Crippen LogP contribution in [0.4, 0.5) is 26.9 Å². The van der Waals surface area contributed by atoms with E-state index in [0.29, 0.717) is 49.0 Å². The molecule has 3 aromatic rings. The molecule has 0 bridgehead atoms. The molecule has 0 saturated carbocycles. The lowest BCUT2D eigenvalue weighted by molar-refractivity contribution is 0.0597. The molecule has 40 heavy (non-hydrogen) atoms. The molecule has 11 nitrogen and oxygen atoms in total. The molecule has 2 aliphatic heterocycles. The topological polar surface area (TPSA) is 113 Å². The Morgan fingerprint density at radius 3 is 2.58 bits per heavy atom. The van der Waals surface area contributed by atoms with E-state index < -0.39 is 17.8 Å². The largest absolute Gasteiger partial charge is 0.494 e. The first kappa shape index (κ1) is 27.5. The summed E-state index contributed by atoms with van der Waals surface area (Å²) in [6.07, 6.45) is 4.44. The Morgan fingerprint density at radius 1 is 1.10 bits per heavy atom. The Hall–Kier alpha value is -4.02. The molecule has 0 radical (unpaired) electrons. The average molecular weight is 551 g/mol. The maximum absolute atomic E-state index is 13.9. The van der Waals surface area contributed by atoms with Gasteiger partial charge in [-0.2, -0.15) is 9.61 Å². The van der Waals surface area contributed by atoms with Crippen molar-refractivity contribution in [1.29, 1.82) is 0 Å². The van der Waals surface area contributed by atoms with E-state index >= 15 is 0 Å². The average Bonchev–Trinajstić information content (AvgIpc) is 3.27. The summed E-state index contributed by atoms with van der Waals surface area (Å²) in [7, 11) is 0. The van der Waals surface area contributed by atoms with E-state index in [9.17, 15) is 14.7 Å². The monoisotopic (exact) mass is 550 g/mol. The lowest BCUT2D eigenvalue weighted by atomic mass is 10.0. The van der Waals surface area contributed by atoms with Crippen molar-refractivity contribution in [3.8, 4) is 5.75 Å². The number of carboxylic acid groups (broad SMARTS) is 1. The highest BCUT2D eigenvalue weighted by Crippen LogP contribution is 2.39. The first-order valence-corrected chi connectivity index (χ1v) is 14.0. The second-order valence-electron chi connectivity index (χ2n) is 11.3. The molecule has 1 atom stereocenters. The fourth-order valence-electron chi connectivity index (χ4n) is 5.55. The molecule has 1 saturated heterocycles. The zero-order chi connectivity index (χ0) is 28.4. The molecule has 4 heterocycles. The number of hydrogen-bond donors (Lipinski definition) is 1. The van der Waals surface area contributed by atoms with Crippen LogP contribution in [-0.4, -0.2) is 74.7 Å². The lowest BCUT2D eigenvalue weighted by Crippen LogP contribution is -2.50. The van der Waals surface area contributed by atoms with Gasteiger partial charge >= 0.3 is 12.2 Å². The van der Waals surface area contributed by atoms with Crippen molar-refractivity contribution in [2.24, 2.45) is 0 Å². The zero-order valence-corrected chi connectivity index (χ0v) is 23.7. The summed E-state index contributed by atoms with van der Waals surface area (Å²) in [6.45, 7) is 9.72. The number of carbonyl (C=O) groups is 2. The summed E-state index contributed by atoms with van der Waals surface area (Å²) < 4.78 is 13.3. The molecule has 1 aromatic carbocycles. The normalized spacial score (nSPS) is 17.8. The number of rotatable bonds is 5. The molecule has 0 aliphatic carbocycles. The summed E-state index contributed by atoms with van der Waals surface area (Å²) >= 11 is 0. The number of nitrogens with zero attached hydrogens (tertiary/aromatic N) is 6. The summed E-state index contributed by atoms with van der Waals surface area (Å²) in [5.74, 6) is 2.07. The van der Waals surface area contributed by atoms with Crippen LogP contribution in [0.1, 0.15) is 58.9 Å². The highest BCUT2D eigenvalue weighted by Gasteiger charge is 2.36. The molecule has 5 rings (SSSR count). The smallest absolute Gasteiger partial charge is 0.420 e. The van der Waals surface area contributed by atoms with E-state index in [2.05, 4.69) is 10.00 Å². The van der Waals surface area contributed by atoms with Gasteiger partial charge in [0.2, 0.25) is 0 Å². The third-order valence-corrected chi connectivity index (χ3v) is 7.23. The van der Waals surface area contributed by atoms with Crippen molar-refractivity contribution >= 4 is 35.2 Å². The van der Waals surface area contributed by atoms with E-state index in [1.165, 1.54) is 4.90 Å². The number of likely N-dealkylation sites (tertiary alicyclic amines) is 1. The van der Waals surface area contributed by atoms with E-state index in [1.807, 2.05) is 58.0 Å². The van der Waals surface area contributed by atoms with Crippen molar-refractivity contribution in [2.75, 3.05) is 36.0 Å². The van der Waals surface area contributed by atoms with Crippen molar-refractivity contribution in [1.82, 2.24) is 19.5 Å². The fraction of sp³-hybridized carbons (Fsp3) is 0.517. The maximum Gasteiger partial charge on any atom is 0.420 e. The third-order valence-electron chi connectivity index (χ3n) is 7.23. The molecule has 1 N–H and O–H groups in total. The van der Waals surface area contributed by atoms with Gasteiger partial charge in [-0.3, -0.25) is 0 Å². The summed E-state index contributed by atoms with van der Waals surface area (Å²) in [5, 5.41) is 14.3. The van der Waals surface area contributed by atoms with Crippen LogP contribution in [-0.2, 0) is 11.2 Å². The second kappa shape index (κ2) is 11.2. The predicted molar refractivity (Wildman–Crippen MR) is 152 cm³/mol. The van der Waals surface area contributed by atoms with Crippen LogP contribution in [0.5, 0.6) is 5.75 Å². The quantitative estimate of drug-likeness (QED) is 0.444. The Morgan fingerprint density at radius 2 is 1.88 bits per heavy atom. The van der Waals surface area contributed by atoms with Crippen LogP contribution in [0.2, 0.25) is 0 Å². The molecule has 2 aromatic heterocycles. The molecule has 2 amide bonds.